The molecule has 10 nitrogen and oxygen atoms in total. The summed E-state index contributed by atoms with van der Waals surface area (Å²) >= 11 is 5.88. The predicted molar refractivity (Wildman–Crippen MR) is 216 cm³/mol. The Morgan fingerprint density at radius 2 is 1.87 bits per heavy atom. The van der Waals surface area contributed by atoms with Gasteiger partial charge in [-0.25, -0.2) is 4.79 Å². The third kappa shape index (κ3) is 7.48. The minimum absolute atomic E-state index is 0.00368. The van der Waals surface area contributed by atoms with Gasteiger partial charge in [-0.05, 0) is 124 Å². The van der Waals surface area contributed by atoms with Gasteiger partial charge in [0, 0.05) is 53.6 Å². The van der Waals surface area contributed by atoms with Gasteiger partial charge >= 0.3 is 5.63 Å². The van der Waals surface area contributed by atoms with E-state index in [0.29, 0.717) is 41.3 Å². The molecule has 2 aromatic heterocycles. The van der Waals surface area contributed by atoms with Crippen molar-refractivity contribution in [2.75, 3.05) is 23.9 Å². The first-order chi connectivity index (χ1) is 26.4. The second kappa shape index (κ2) is 15.1. The van der Waals surface area contributed by atoms with Crippen LogP contribution in [0.5, 0.6) is 11.5 Å². The molecule has 11 heteroatoms. The normalized spacial score (nSPS) is 21.4. The number of aryl methyl sites for hydroxylation is 2. The zero-order chi connectivity index (χ0) is 38.5. The van der Waals surface area contributed by atoms with Gasteiger partial charge in [-0.2, -0.15) is 0 Å². The summed E-state index contributed by atoms with van der Waals surface area (Å²) in [5, 5.41) is 24.0. The Bertz CT molecular complexity index is 2140. The topological polar surface area (TPSA) is 123 Å². The number of unbranched alkanes of at least 4 members (excludes halogenated alkanes) is 3. The lowest BCUT2D eigenvalue weighted by Gasteiger charge is -2.49. The zero-order valence-corrected chi connectivity index (χ0v) is 33.6. The summed E-state index contributed by atoms with van der Waals surface area (Å²) in [7, 11) is 0. The first kappa shape index (κ1) is 37.9. The van der Waals surface area contributed by atoms with Gasteiger partial charge in [0.2, 0.25) is 0 Å². The molecule has 3 atom stereocenters. The number of rotatable bonds is 12. The number of hydrogen-bond acceptors (Lipinski definition) is 8. The lowest BCUT2D eigenvalue weighted by molar-refractivity contribution is -0.0178. The van der Waals surface area contributed by atoms with Gasteiger partial charge in [0.1, 0.15) is 33.9 Å². The molecule has 55 heavy (non-hydrogen) atoms. The number of aromatic hydroxyl groups is 1. The maximum absolute atomic E-state index is 13.3. The molecule has 1 saturated carbocycles. The maximum Gasteiger partial charge on any atom is 0.349 e. The number of carbonyl (C=O) groups is 1. The summed E-state index contributed by atoms with van der Waals surface area (Å²) in [6, 6.07) is 7.95. The van der Waals surface area contributed by atoms with Crippen molar-refractivity contribution >= 4 is 34.2 Å². The molecule has 8 rings (SSSR count). The summed E-state index contributed by atoms with van der Waals surface area (Å²) in [5.41, 5.74) is 5.84. The largest absolute Gasteiger partial charge is 0.508 e. The molecule has 2 aromatic carbocycles. The molecule has 2 N–H and O–H groups in total. The van der Waals surface area contributed by atoms with Crippen molar-refractivity contribution in [3.63, 3.8) is 0 Å². The molecule has 1 aliphatic carbocycles. The summed E-state index contributed by atoms with van der Waals surface area (Å²) in [4.78, 5) is 28.8. The molecule has 1 amide bonds. The molecular weight excluding hydrogens is 714 g/mol. The van der Waals surface area contributed by atoms with Crippen LogP contribution >= 0.6 is 11.6 Å². The highest BCUT2D eigenvalue weighted by molar-refractivity contribution is 6.17. The van der Waals surface area contributed by atoms with Gasteiger partial charge in [-0.15, -0.1) is 16.7 Å². The summed E-state index contributed by atoms with van der Waals surface area (Å²) in [6.45, 7) is 11.8. The van der Waals surface area contributed by atoms with Crippen LogP contribution in [0.4, 0.5) is 5.69 Å². The molecule has 1 fully saturated rings. The highest BCUT2D eigenvalue weighted by Gasteiger charge is 2.48. The van der Waals surface area contributed by atoms with E-state index in [1.165, 1.54) is 11.3 Å². The number of benzene rings is 2. The third-order valence-corrected chi connectivity index (χ3v) is 13.4. The van der Waals surface area contributed by atoms with Crippen LogP contribution in [0.3, 0.4) is 0 Å². The molecule has 4 aromatic rings. The molecule has 0 spiro atoms. The Morgan fingerprint density at radius 1 is 1.07 bits per heavy atom. The second-order valence-corrected chi connectivity index (χ2v) is 18.2. The van der Waals surface area contributed by atoms with E-state index in [-0.39, 0.29) is 29.0 Å². The fraction of sp³-hybridized carbons (Fsp3) is 0.591. The lowest BCUT2D eigenvalue weighted by Crippen LogP contribution is -2.47. The van der Waals surface area contributed by atoms with E-state index in [2.05, 4.69) is 60.4 Å². The van der Waals surface area contributed by atoms with Crippen LogP contribution in [0.25, 0.3) is 11.0 Å². The zero-order valence-electron chi connectivity index (χ0n) is 32.9. The van der Waals surface area contributed by atoms with Crippen LogP contribution in [0.1, 0.15) is 136 Å². The first-order valence-electron chi connectivity index (χ1n) is 20.6. The molecule has 0 saturated heterocycles. The molecule has 294 valence electrons. The quantitative estimate of drug-likeness (QED) is 0.0835. The number of nitrogens with one attached hydrogen (secondary N) is 1. The maximum atomic E-state index is 13.3. The van der Waals surface area contributed by atoms with Crippen molar-refractivity contribution in [3.05, 3.63) is 74.4 Å². The minimum Gasteiger partial charge on any atom is -0.508 e. The van der Waals surface area contributed by atoms with E-state index >= 15 is 0 Å². The Labute approximate surface area is 329 Å². The third-order valence-electron chi connectivity index (χ3n) is 13.1. The highest BCUT2D eigenvalue weighted by Crippen LogP contribution is 2.56. The monoisotopic (exact) mass is 769 g/mol. The Hall–Kier alpha value is -4.05. The number of phenolic OH excluding ortho intramolecular Hbond substituents is 1. The number of phenols is 1. The lowest BCUT2D eigenvalue weighted by atomic mass is 9.63. The fourth-order valence-electron chi connectivity index (χ4n) is 10.2. The van der Waals surface area contributed by atoms with Crippen LogP contribution in [0.2, 0.25) is 0 Å². The van der Waals surface area contributed by atoms with Gasteiger partial charge in [0.05, 0.1) is 12.7 Å². The van der Waals surface area contributed by atoms with Gasteiger partial charge in [0.15, 0.2) is 0 Å². The van der Waals surface area contributed by atoms with E-state index in [9.17, 15) is 14.7 Å². The number of alkyl halides is 1. The molecule has 0 radical (unpaired) electrons. The molecule has 0 unspecified atom stereocenters. The van der Waals surface area contributed by atoms with Crippen LogP contribution < -0.4 is 20.6 Å². The number of fused-ring (bicyclic) bond motifs is 5. The summed E-state index contributed by atoms with van der Waals surface area (Å²) in [5.74, 6) is 2.19. The van der Waals surface area contributed by atoms with E-state index in [1.807, 2.05) is 16.9 Å². The number of ether oxygens (including phenoxy) is 1. The number of carbonyl (C=O) groups excluding carboxylic acids is 1. The van der Waals surface area contributed by atoms with Crippen LogP contribution in [0.15, 0.2) is 39.7 Å². The van der Waals surface area contributed by atoms with Crippen LogP contribution in [0, 0.1) is 11.8 Å². The smallest absolute Gasteiger partial charge is 0.349 e. The number of halogens is 1. The number of anilines is 1. The van der Waals surface area contributed by atoms with Crippen LogP contribution in [-0.4, -0.2) is 50.6 Å². The number of amides is 1. The molecular formula is C44H56ClN5O5. The van der Waals surface area contributed by atoms with E-state index in [4.69, 9.17) is 20.8 Å². The predicted octanol–water partition coefficient (Wildman–Crippen LogP) is 8.56. The fourth-order valence-corrected chi connectivity index (χ4v) is 10.4. The van der Waals surface area contributed by atoms with Crippen LogP contribution in [-0.2, 0) is 31.3 Å². The van der Waals surface area contributed by atoms with Gasteiger partial charge in [-0.3, -0.25) is 9.48 Å². The Kier molecular flexibility index (Phi) is 10.4. The van der Waals surface area contributed by atoms with Crippen molar-refractivity contribution < 1.29 is 19.1 Å². The number of aromatic nitrogens is 3. The molecule has 4 aliphatic rings. The van der Waals surface area contributed by atoms with Crippen molar-refractivity contribution in [2.24, 2.45) is 11.8 Å². The van der Waals surface area contributed by atoms with Crippen molar-refractivity contribution in [1.82, 2.24) is 20.3 Å². The van der Waals surface area contributed by atoms with E-state index < -0.39 is 11.5 Å². The Morgan fingerprint density at radius 3 is 2.69 bits per heavy atom. The minimum atomic E-state index is -0.619. The molecule has 5 heterocycles. The van der Waals surface area contributed by atoms with Gasteiger partial charge in [0.25, 0.3) is 5.91 Å². The number of hydrogen-bond donors (Lipinski definition) is 2. The first-order valence-corrected chi connectivity index (χ1v) is 21.1. The Balaban J connectivity index is 0.925. The molecule has 3 aliphatic heterocycles. The standard InChI is InChI=1S/C44H56ClN5O5/c1-43(2,15-7-5-6-8-16-45)30-22-36(51)38-33-19-27(13-14-35(33)44(3,4)55-37(38)23-30)25-50-26-31(47-48-50)24-46-41(52)34-21-29-20-28-11-9-17-49-18-10-12-32(39(28)49)40(29)54-42(34)53/h20-23,26-27,33,35,51H,5-19,24-25H2,1-4H3,(H,46,52)/t27-,33-,35-/m1/s1. The van der Waals surface area contributed by atoms with Gasteiger partial charge in [-0.1, -0.05) is 38.3 Å². The summed E-state index contributed by atoms with van der Waals surface area (Å²) < 4.78 is 14.4. The van der Waals surface area contributed by atoms with Crippen molar-refractivity contribution in [3.8, 4) is 11.5 Å². The highest BCUT2D eigenvalue weighted by atomic mass is 35.5. The van der Waals surface area contributed by atoms with E-state index in [1.54, 1.807) is 6.07 Å². The average molecular weight is 770 g/mol. The average Bonchev–Trinajstić information content (AvgIpc) is 3.60. The number of nitrogens with zero attached hydrogens (tertiary/aromatic N) is 4. The van der Waals surface area contributed by atoms with Gasteiger partial charge < -0.3 is 24.5 Å². The van der Waals surface area contributed by atoms with Crippen molar-refractivity contribution in [1.29, 1.82) is 0 Å². The summed E-state index contributed by atoms with van der Waals surface area (Å²) in [6.07, 6.45) is 14.3. The SMILES string of the molecule is CC(C)(CCCCCCCl)c1cc(O)c2c(c1)OC(C)(C)[C@@H]1CC[C@@H](Cn3cc(CNC(=O)c4cc5cc6c7c(c5oc4=O)CCCN7CCC6)nn3)C[C@@H]21. The van der Waals surface area contributed by atoms with Crippen molar-refractivity contribution in [2.45, 2.75) is 135 Å². The second-order valence-electron chi connectivity index (χ2n) is 17.8. The van der Waals surface area contributed by atoms with E-state index in [0.717, 1.165) is 118 Å². The molecule has 0 bridgehead atoms.